The van der Waals surface area contributed by atoms with E-state index >= 15 is 0 Å². The Morgan fingerprint density at radius 1 is 1.57 bits per heavy atom. The van der Waals surface area contributed by atoms with Crippen LogP contribution in [0.5, 0.6) is 0 Å². The van der Waals surface area contributed by atoms with E-state index in [1.165, 1.54) is 10.8 Å². The lowest BCUT2D eigenvalue weighted by Gasteiger charge is -2.25. The van der Waals surface area contributed by atoms with E-state index in [0.717, 1.165) is 0 Å². The lowest BCUT2D eigenvalue weighted by atomic mass is 10.1. The third kappa shape index (κ3) is 1.96. The number of aromatic amines is 1. The quantitative estimate of drug-likeness (QED) is 0.786. The Labute approximate surface area is 89.1 Å². The van der Waals surface area contributed by atoms with Crippen molar-refractivity contribution >= 4 is 15.9 Å². The summed E-state index contributed by atoms with van der Waals surface area (Å²) >= 11 is 3.06. The summed E-state index contributed by atoms with van der Waals surface area (Å²) < 4.78 is 1.72. The largest absolute Gasteiger partial charge is 0.328 e. The van der Waals surface area contributed by atoms with Gasteiger partial charge in [0.25, 0.3) is 5.56 Å². The fourth-order valence-corrected chi connectivity index (χ4v) is 1.30. The van der Waals surface area contributed by atoms with Crippen molar-refractivity contribution in [1.29, 1.82) is 0 Å². The minimum Gasteiger partial charge on any atom is -0.328 e. The summed E-state index contributed by atoms with van der Waals surface area (Å²) in [4.78, 5) is 24.7. The maximum absolute atomic E-state index is 11.4. The van der Waals surface area contributed by atoms with Crippen molar-refractivity contribution in [2.24, 2.45) is 5.73 Å². The normalized spacial score (nSPS) is 11.7. The molecule has 0 amide bonds. The highest BCUT2D eigenvalue weighted by molar-refractivity contribution is 9.10. The Kier molecular flexibility index (Phi) is 2.96. The highest BCUT2D eigenvalue weighted by Crippen LogP contribution is 2.11. The summed E-state index contributed by atoms with van der Waals surface area (Å²) in [5, 5.41) is 0. The molecule has 0 saturated heterocycles. The molecular formula is C8H12BrN3O2. The number of nitrogens with one attached hydrogen (secondary N) is 1. The maximum atomic E-state index is 11.4. The van der Waals surface area contributed by atoms with Crippen molar-refractivity contribution in [3.05, 3.63) is 31.5 Å². The third-order valence-electron chi connectivity index (χ3n) is 2.05. The van der Waals surface area contributed by atoms with Crippen LogP contribution in [0.2, 0.25) is 0 Å². The van der Waals surface area contributed by atoms with Gasteiger partial charge in [0.15, 0.2) is 0 Å². The number of hydrogen-bond acceptors (Lipinski definition) is 3. The molecule has 0 aliphatic carbocycles. The van der Waals surface area contributed by atoms with Gasteiger partial charge in [-0.05, 0) is 29.8 Å². The molecule has 0 unspecified atom stereocenters. The van der Waals surface area contributed by atoms with Crippen LogP contribution >= 0.6 is 15.9 Å². The first-order valence-corrected chi connectivity index (χ1v) is 4.90. The predicted molar refractivity (Wildman–Crippen MR) is 57.4 cm³/mol. The standard InChI is InChI=1S/C8H12BrN3O2/c1-8(2,4-10)12-3-5(9)6(13)11-7(12)14/h3H,4,10H2,1-2H3,(H,11,13,14). The summed E-state index contributed by atoms with van der Waals surface area (Å²) in [5.74, 6) is 0. The molecule has 0 saturated carbocycles. The van der Waals surface area contributed by atoms with Gasteiger partial charge in [0.2, 0.25) is 0 Å². The number of nitrogens with zero attached hydrogens (tertiary/aromatic N) is 1. The summed E-state index contributed by atoms with van der Waals surface area (Å²) in [5.41, 5.74) is 4.14. The fourth-order valence-electron chi connectivity index (χ4n) is 0.996. The second kappa shape index (κ2) is 3.70. The van der Waals surface area contributed by atoms with Gasteiger partial charge in [0.1, 0.15) is 0 Å². The van der Waals surface area contributed by atoms with E-state index in [1.54, 1.807) is 0 Å². The highest BCUT2D eigenvalue weighted by atomic mass is 79.9. The van der Waals surface area contributed by atoms with Gasteiger partial charge in [-0.15, -0.1) is 0 Å². The van der Waals surface area contributed by atoms with Crippen LogP contribution in [0.3, 0.4) is 0 Å². The molecule has 1 rings (SSSR count). The number of halogens is 1. The third-order valence-corrected chi connectivity index (χ3v) is 2.62. The van der Waals surface area contributed by atoms with Gasteiger partial charge in [-0.3, -0.25) is 14.3 Å². The van der Waals surface area contributed by atoms with Gasteiger partial charge < -0.3 is 5.73 Å². The van der Waals surface area contributed by atoms with Gasteiger partial charge in [-0.2, -0.15) is 0 Å². The first kappa shape index (κ1) is 11.2. The maximum Gasteiger partial charge on any atom is 0.328 e. The molecule has 1 aromatic rings. The molecule has 78 valence electrons. The molecule has 0 atom stereocenters. The molecule has 5 nitrogen and oxygen atoms in total. The van der Waals surface area contributed by atoms with Crippen LogP contribution in [-0.2, 0) is 5.54 Å². The minimum absolute atomic E-state index is 0.311. The smallest absolute Gasteiger partial charge is 0.328 e. The molecule has 0 spiro atoms. The van der Waals surface area contributed by atoms with Crippen LogP contribution in [0.25, 0.3) is 0 Å². The van der Waals surface area contributed by atoms with E-state index in [0.29, 0.717) is 11.0 Å². The minimum atomic E-state index is -0.510. The zero-order valence-electron chi connectivity index (χ0n) is 8.00. The zero-order valence-corrected chi connectivity index (χ0v) is 9.59. The predicted octanol–water partition coefficient (Wildman–Crippen LogP) is -0.00710. The highest BCUT2D eigenvalue weighted by Gasteiger charge is 2.20. The van der Waals surface area contributed by atoms with E-state index in [-0.39, 0.29) is 0 Å². The second-order valence-electron chi connectivity index (χ2n) is 3.62. The summed E-state index contributed by atoms with van der Waals surface area (Å²) in [6.45, 7) is 3.95. The van der Waals surface area contributed by atoms with E-state index in [1.807, 2.05) is 13.8 Å². The van der Waals surface area contributed by atoms with E-state index in [2.05, 4.69) is 20.9 Å². The van der Waals surface area contributed by atoms with Crippen molar-refractivity contribution in [3.8, 4) is 0 Å². The van der Waals surface area contributed by atoms with Gasteiger partial charge in [0, 0.05) is 12.7 Å². The summed E-state index contributed by atoms with van der Waals surface area (Å²) in [6, 6.07) is 0. The van der Waals surface area contributed by atoms with Crippen molar-refractivity contribution in [3.63, 3.8) is 0 Å². The molecule has 0 aliphatic rings. The molecule has 0 fully saturated rings. The van der Waals surface area contributed by atoms with Crippen molar-refractivity contribution in [1.82, 2.24) is 9.55 Å². The van der Waals surface area contributed by atoms with Crippen LogP contribution in [0.4, 0.5) is 0 Å². The monoisotopic (exact) mass is 261 g/mol. The van der Waals surface area contributed by atoms with E-state index < -0.39 is 16.8 Å². The molecule has 0 aromatic carbocycles. The lowest BCUT2D eigenvalue weighted by Crippen LogP contribution is -2.44. The van der Waals surface area contributed by atoms with Gasteiger partial charge >= 0.3 is 5.69 Å². The van der Waals surface area contributed by atoms with Crippen molar-refractivity contribution < 1.29 is 0 Å². The Morgan fingerprint density at radius 3 is 2.64 bits per heavy atom. The van der Waals surface area contributed by atoms with Crippen LogP contribution < -0.4 is 17.0 Å². The first-order valence-electron chi connectivity index (χ1n) is 4.10. The topological polar surface area (TPSA) is 80.9 Å². The molecule has 0 aliphatic heterocycles. The molecule has 3 N–H and O–H groups in total. The Morgan fingerprint density at radius 2 is 2.14 bits per heavy atom. The van der Waals surface area contributed by atoms with Crippen LogP contribution in [-0.4, -0.2) is 16.1 Å². The van der Waals surface area contributed by atoms with Crippen LogP contribution in [0.1, 0.15) is 13.8 Å². The van der Waals surface area contributed by atoms with Gasteiger partial charge in [-0.1, -0.05) is 0 Å². The van der Waals surface area contributed by atoms with E-state index in [4.69, 9.17) is 5.73 Å². The lowest BCUT2D eigenvalue weighted by molar-refractivity contribution is 0.348. The van der Waals surface area contributed by atoms with Crippen LogP contribution in [0, 0.1) is 0 Å². The Hall–Kier alpha value is -0.880. The number of aromatic nitrogens is 2. The molecular weight excluding hydrogens is 250 g/mol. The molecule has 14 heavy (non-hydrogen) atoms. The Bertz CT molecular complexity index is 447. The summed E-state index contributed by atoms with van der Waals surface area (Å²) in [6.07, 6.45) is 1.45. The number of hydrogen-bond donors (Lipinski definition) is 2. The van der Waals surface area contributed by atoms with Crippen molar-refractivity contribution in [2.75, 3.05) is 6.54 Å². The SMILES string of the molecule is CC(C)(CN)n1cc(Br)c(=O)[nH]c1=O. The molecule has 0 bridgehead atoms. The fraction of sp³-hybridized carbons (Fsp3) is 0.500. The molecule has 1 heterocycles. The van der Waals surface area contributed by atoms with E-state index in [9.17, 15) is 9.59 Å². The summed E-state index contributed by atoms with van der Waals surface area (Å²) in [7, 11) is 0. The van der Waals surface area contributed by atoms with Crippen molar-refractivity contribution in [2.45, 2.75) is 19.4 Å². The first-order chi connectivity index (χ1) is 6.38. The molecule has 6 heteroatoms. The average Bonchev–Trinajstić information content (AvgIpc) is 2.11. The molecule has 1 aromatic heterocycles. The van der Waals surface area contributed by atoms with Gasteiger partial charge in [-0.25, -0.2) is 4.79 Å². The average molecular weight is 262 g/mol. The zero-order chi connectivity index (χ0) is 10.9. The van der Waals surface area contributed by atoms with Gasteiger partial charge in [0.05, 0.1) is 10.0 Å². The van der Waals surface area contributed by atoms with Crippen LogP contribution in [0.15, 0.2) is 20.3 Å². The number of rotatable bonds is 2. The molecule has 0 radical (unpaired) electrons. The second-order valence-corrected chi connectivity index (χ2v) is 4.48. The number of nitrogens with two attached hydrogens (primary N) is 1. The Balaban J connectivity index is 3.45. The number of H-pyrrole nitrogens is 1.